The van der Waals surface area contributed by atoms with Crippen LogP contribution in [0.4, 0.5) is 0 Å². The Morgan fingerprint density at radius 2 is 1.58 bits per heavy atom. The number of aryl methyl sites for hydroxylation is 2. The van der Waals surface area contributed by atoms with E-state index in [-0.39, 0.29) is 0 Å². The van der Waals surface area contributed by atoms with Crippen LogP contribution < -0.4 is 0 Å². The Labute approximate surface area is 140 Å². The van der Waals surface area contributed by atoms with Gasteiger partial charge in [0.05, 0.1) is 12.1 Å². The first-order valence-corrected chi connectivity index (χ1v) is 7.98. The molecule has 1 aliphatic rings. The number of fused-ring (bicyclic) bond motifs is 4. The highest BCUT2D eigenvalue weighted by atomic mass is 16.3. The molecule has 0 heterocycles. The molecule has 0 spiro atoms. The quantitative estimate of drug-likeness (QED) is 0.358. The number of aliphatic hydroxyl groups excluding tert-OH is 1. The summed E-state index contributed by atoms with van der Waals surface area (Å²) in [6, 6.07) is 15.5. The third-order valence-corrected chi connectivity index (χ3v) is 5.10. The van der Waals surface area contributed by atoms with Crippen molar-refractivity contribution < 1.29 is 5.11 Å². The van der Waals surface area contributed by atoms with E-state index in [1.165, 1.54) is 5.39 Å². The van der Waals surface area contributed by atoms with Gasteiger partial charge in [0.1, 0.15) is 0 Å². The first kappa shape index (κ1) is 14.8. The van der Waals surface area contributed by atoms with E-state index < -0.39 is 12.1 Å². The molecule has 0 unspecified atom stereocenters. The van der Waals surface area contributed by atoms with Crippen LogP contribution in [0.5, 0.6) is 0 Å². The Hall–Kier alpha value is -2.81. The van der Waals surface area contributed by atoms with Crippen LogP contribution in [0.3, 0.4) is 0 Å². The molecule has 1 aliphatic carbocycles. The van der Waals surface area contributed by atoms with Crippen LogP contribution in [0, 0.1) is 13.8 Å². The number of nitrogens with zero attached hydrogens (tertiary/aromatic N) is 3. The van der Waals surface area contributed by atoms with Gasteiger partial charge in [0.25, 0.3) is 0 Å². The molecule has 1 N–H and O–H groups in total. The van der Waals surface area contributed by atoms with Crippen molar-refractivity contribution in [1.82, 2.24) is 0 Å². The predicted octanol–water partition coefficient (Wildman–Crippen LogP) is 5.52. The van der Waals surface area contributed by atoms with E-state index >= 15 is 0 Å². The fourth-order valence-corrected chi connectivity index (χ4v) is 4.01. The highest BCUT2D eigenvalue weighted by Crippen LogP contribution is 2.50. The highest BCUT2D eigenvalue weighted by Gasteiger charge is 2.34. The highest BCUT2D eigenvalue weighted by molar-refractivity contribution is 5.97. The number of aliphatic hydroxyl groups is 1. The molecule has 118 valence electrons. The Morgan fingerprint density at radius 1 is 0.958 bits per heavy atom. The van der Waals surface area contributed by atoms with Gasteiger partial charge < -0.3 is 5.11 Å². The van der Waals surface area contributed by atoms with Crippen molar-refractivity contribution in [3.8, 4) is 11.1 Å². The van der Waals surface area contributed by atoms with Gasteiger partial charge in [0, 0.05) is 4.91 Å². The number of benzene rings is 3. The number of hydrogen-bond acceptors (Lipinski definition) is 2. The molecule has 0 aromatic heterocycles. The minimum Gasteiger partial charge on any atom is -0.388 e. The average Bonchev–Trinajstić information content (AvgIpc) is 2.62. The van der Waals surface area contributed by atoms with E-state index in [9.17, 15) is 5.11 Å². The second-order valence-corrected chi connectivity index (χ2v) is 6.27. The van der Waals surface area contributed by atoms with E-state index in [0.717, 1.165) is 38.8 Å². The minimum atomic E-state index is -0.839. The zero-order valence-corrected chi connectivity index (χ0v) is 13.6. The number of hydrogen-bond donors (Lipinski definition) is 1. The lowest BCUT2D eigenvalue weighted by molar-refractivity contribution is 0.145. The SMILES string of the molecule is Cc1c2c(c(C)c3ccccc13)[C@@H](O)[C@H](N=[N+]=[N-])c1ccccc1-2. The van der Waals surface area contributed by atoms with E-state index in [2.05, 4.69) is 29.1 Å². The molecule has 3 aromatic carbocycles. The summed E-state index contributed by atoms with van der Waals surface area (Å²) in [6.45, 7) is 4.13. The van der Waals surface area contributed by atoms with E-state index in [0.29, 0.717) is 0 Å². The van der Waals surface area contributed by atoms with Crippen LogP contribution in [0.15, 0.2) is 53.6 Å². The van der Waals surface area contributed by atoms with Gasteiger partial charge in [-0.25, -0.2) is 0 Å². The van der Waals surface area contributed by atoms with Crippen LogP contribution in [0.1, 0.15) is 34.4 Å². The summed E-state index contributed by atoms with van der Waals surface area (Å²) in [5, 5.41) is 17.2. The molecule has 4 rings (SSSR count). The molecule has 0 bridgehead atoms. The Morgan fingerprint density at radius 3 is 2.29 bits per heavy atom. The van der Waals surface area contributed by atoms with Crippen molar-refractivity contribution in [2.45, 2.75) is 26.0 Å². The van der Waals surface area contributed by atoms with Crippen molar-refractivity contribution in [2.75, 3.05) is 0 Å². The van der Waals surface area contributed by atoms with Crippen LogP contribution >= 0.6 is 0 Å². The Kier molecular flexibility index (Phi) is 3.31. The third-order valence-electron chi connectivity index (χ3n) is 5.10. The van der Waals surface area contributed by atoms with Crippen molar-refractivity contribution in [3.05, 3.63) is 81.2 Å². The number of rotatable bonds is 1. The molecule has 3 aromatic rings. The van der Waals surface area contributed by atoms with Gasteiger partial charge >= 0.3 is 0 Å². The molecular formula is C20H17N3O. The van der Waals surface area contributed by atoms with Gasteiger partial charge in [-0.1, -0.05) is 53.6 Å². The molecule has 4 nitrogen and oxygen atoms in total. The largest absolute Gasteiger partial charge is 0.388 e. The zero-order valence-electron chi connectivity index (χ0n) is 13.6. The molecule has 2 atom stereocenters. The maximum Gasteiger partial charge on any atom is 0.0933 e. The fourth-order valence-electron chi connectivity index (χ4n) is 4.01. The van der Waals surface area contributed by atoms with Crippen molar-refractivity contribution in [3.63, 3.8) is 0 Å². The van der Waals surface area contributed by atoms with E-state index in [1.807, 2.05) is 43.3 Å². The monoisotopic (exact) mass is 315 g/mol. The molecule has 0 saturated carbocycles. The van der Waals surface area contributed by atoms with Gasteiger partial charge in [-0.05, 0) is 63.5 Å². The second kappa shape index (κ2) is 5.38. The van der Waals surface area contributed by atoms with Gasteiger partial charge in [-0.3, -0.25) is 0 Å². The summed E-state index contributed by atoms with van der Waals surface area (Å²) in [4.78, 5) is 2.96. The van der Waals surface area contributed by atoms with E-state index in [1.54, 1.807) is 0 Å². The summed E-state index contributed by atoms with van der Waals surface area (Å²) in [5.74, 6) is 0. The van der Waals surface area contributed by atoms with Crippen LogP contribution in [0.25, 0.3) is 32.3 Å². The zero-order chi connectivity index (χ0) is 16.8. The summed E-state index contributed by atoms with van der Waals surface area (Å²) < 4.78 is 0. The molecular weight excluding hydrogens is 298 g/mol. The van der Waals surface area contributed by atoms with Crippen LogP contribution in [-0.2, 0) is 0 Å². The van der Waals surface area contributed by atoms with Gasteiger partial charge in [0.15, 0.2) is 0 Å². The molecule has 4 heteroatoms. The lowest BCUT2D eigenvalue weighted by Crippen LogP contribution is -2.18. The maximum atomic E-state index is 11.0. The fraction of sp³-hybridized carbons (Fsp3) is 0.200. The molecule has 0 fully saturated rings. The summed E-state index contributed by atoms with van der Waals surface area (Å²) in [6.07, 6.45) is -0.839. The van der Waals surface area contributed by atoms with Crippen LogP contribution in [-0.4, -0.2) is 5.11 Å². The lowest BCUT2D eigenvalue weighted by atomic mass is 9.75. The first-order chi connectivity index (χ1) is 11.6. The standard InChI is InChI=1S/C20H17N3O/c1-11-13-7-3-4-8-14(13)12(2)18-17(11)15-9-5-6-10-16(15)19(20(18)24)22-23-21/h3-10,19-20,24H,1-2H3/t19-,20-/m1/s1. The topological polar surface area (TPSA) is 69.0 Å². The number of azide groups is 1. The van der Waals surface area contributed by atoms with Gasteiger partial charge in [-0.15, -0.1) is 0 Å². The van der Waals surface area contributed by atoms with Gasteiger partial charge in [-0.2, -0.15) is 0 Å². The summed E-state index contributed by atoms with van der Waals surface area (Å²) in [5.41, 5.74) is 15.0. The molecule has 0 aliphatic heterocycles. The Bertz CT molecular complexity index is 1020. The minimum absolute atomic E-state index is 0.599. The average molecular weight is 315 g/mol. The second-order valence-electron chi connectivity index (χ2n) is 6.27. The van der Waals surface area contributed by atoms with Gasteiger partial charge in [0.2, 0.25) is 0 Å². The first-order valence-electron chi connectivity index (χ1n) is 7.98. The lowest BCUT2D eigenvalue weighted by Gasteiger charge is -2.33. The molecule has 0 amide bonds. The molecule has 0 saturated heterocycles. The van der Waals surface area contributed by atoms with Crippen molar-refractivity contribution in [1.29, 1.82) is 0 Å². The molecule has 24 heavy (non-hydrogen) atoms. The van der Waals surface area contributed by atoms with Crippen molar-refractivity contribution >= 4 is 10.8 Å². The van der Waals surface area contributed by atoms with E-state index in [4.69, 9.17) is 5.53 Å². The summed E-state index contributed by atoms with van der Waals surface area (Å²) >= 11 is 0. The van der Waals surface area contributed by atoms with Crippen LogP contribution in [0.2, 0.25) is 0 Å². The molecule has 0 radical (unpaired) electrons. The third kappa shape index (κ3) is 1.88. The maximum absolute atomic E-state index is 11.0. The smallest absolute Gasteiger partial charge is 0.0933 e. The normalized spacial score (nSPS) is 18.6. The predicted molar refractivity (Wildman–Crippen MR) is 95.7 cm³/mol. The summed E-state index contributed by atoms with van der Waals surface area (Å²) in [7, 11) is 0. The van der Waals surface area contributed by atoms with Crippen molar-refractivity contribution in [2.24, 2.45) is 5.11 Å². The Balaban J connectivity index is 2.19.